The Bertz CT molecular complexity index is 800. The number of fused-ring (bicyclic) bond motifs is 1. The number of hydrogen-bond acceptors (Lipinski definition) is 5. The third kappa shape index (κ3) is 2.51. The Kier molecular flexibility index (Phi) is 3.92. The van der Waals surface area contributed by atoms with Crippen LogP contribution >= 0.6 is 0 Å². The quantitative estimate of drug-likeness (QED) is 0.844. The van der Waals surface area contributed by atoms with Gasteiger partial charge in [-0.15, -0.1) is 0 Å². The average Bonchev–Trinajstić information content (AvgIpc) is 2.81. The molecular formula is C14H20N4O3S. The van der Waals surface area contributed by atoms with Crippen LogP contribution in [0.1, 0.15) is 19.0 Å². The first kappa shape index (κ1) is 15.4. The molecule has 2 aromatic rings. The fourth-order valence-electron chi connectivity index (χ4n) is 2.74. The van der Waals surface area contributed by atoms with E-state index in [1.807, 2.05) is 13.8 Å². The Morgan fingerprint density at radius 1 is 1.45 bits per heavy atom. The van der Waals surface area contributed by atoms with Gasteiger partial charge >= 0.3 is 0 Å². The predicted octanol–water partition coefficient (Wildman–Crippen LogP) is 1.08. The Hall–Kier alpha value is -1.51. The fraction of sp³-hybridized carbons (Fsp3) is 0.571. The zero-order chi connectivity index (χ0) is 15.9. The van der Waals surface area contributed by atoms with E-state index in [2.05, 4.69) is 10.1 Å². The van der Waals surface area contributed by atoms with Crippen LogP contribution in [0.25, 0.3) is 11.0 Å². The van der Waals surface area contributed by atoms with E-state index in [9.17, 15) is 8.42 Å². The molecule has 1 aliphatic rings. The van der Waals surface area contributed by atoms with Gasteiger partial charge in [0.05, 0.1) is 18.4 Å². The van der Waals surface area contributed by atoms with E-state index in [0.717, 1.165) is 17.5 Å². The zero-order valence-electron chi connectivity index (χ0n) is 13.0. The van der Waals surface area contributed by atoms with E-state index < -0.39 is 10.0 Å². The summed E-state index contributed by atoms with van der Waals surface area (Å²) in [5.41, 5.74) is 1.46. The summed E-state index contributed by atoms with van der Waals surface area (Å²) in [6.45, 7) is 5.04. The SMILES string of the molecule is CCC1CN(S(=O)(=O)c2cnc3c(c2)c(C)nn3C)CCO1. The van der Waals surface area contributed by atoms with Crippen LogP contribution in [-0.2, 0) is 21.8 Å². The van der Waals surface area contributed by atoms with Gasteiger partial charge in [0.15, 0.2) is 5.65 Å². The minimum atomic E-state index is -3.55. The van der Waals surface area contributed by atoms with Crippen molar-refractivity contribution in [2.45, 2.75) is 31.3 Å². The van der Waals surface area contributed by atoms with Crippen molar-refractivity contribution in [1.82, 2.24) is 19.1 Å². The topological polar surface area (TPSA) is 77.3 Å². The van der Waals surface area contributed by atoms with Gasteiger partial charge in [-0.1, -0.05) is 6.92 Å². The summed E-state index contributed by atoms with van der Waals surface area (Å²) >= 11 is 0. The molecule has 0 spiro atoms. The van der Waals surface area contributed by atoms with E-state index in [1.54, 1.807) is 17.8 Å². The van der Waals surface area contributed by atoms with E-state index in [4.69, 9.17) is 4.74 Å². The normalized spacial score (nSPS) is 20.6. The van der Waals surface area contributed by atoms with Crippen molar-refractivity contribution in [3.8, 4) is 0 Å². The molecule has 0 N–H and O–H groups in total. The first-order chi connectivity index (χ1) is 10.4. The highest BCUT2D eigenvalue weighted by molar-refractivity contribution is 7.89. The number of hydrogen-bond donors (Lipinski definition) is 0. The van der Waals surface area contributed by atoms with E-state index in [0.29, 0.717) is 25.3 Å². The fourth-order valence-corrected chi connectivity index (χ4v) is 4.16. The van der Waals surface area contributed by atoms with Gasteiger partial charge in [0.1, 0.15) is 4.90 Å². The predicted molar refractivity (Wildman–Crippen MR) is 82.0 cm³/mol. The van der Waals surface area contributed by atoms with Gasteiger partial charge in [0, 0.05) is 31.7 Å². The van der Waals surface area contributed by atoms with Crippen LogP contribution in [0.5, 0.6) is 0 Å². The third-order valence-corrected chi connectivity index (χ3v) is 5.86. The molecule has 2 aromatic heterocycles. The number of aromatic nitrogens is 3. The largest absolute Gasteiger partial charge is 0.375 e. The lowest BCUT2D eigenvalue weighted by Gasteiger charge is -2.31. The van der Waals surface area contributed by atoms with Gasteiger partial charge in [0.2, 0.25) is 10.0 Å². The minimum absolute atomic E-state index is 0.0413. The molecule has 22 heavy (non-hydrogen) atoms. The van der Waals surface area contributed by atoms with Crippen LogP contribution in [0.2, 0.25) is 0 Å². The van der Waals surface area contributed by atoms with Crippen molar-refractivity contribution >= 4 is 21.1 Å². The summed E-state index contributed by atoms with van der Waals surface area (Å²) in [6.07, 6.45) is 2.17. The molecule has 0 radical (unpaired) electrons. The van der Waals surface area contributed by atoms with Crippen LogP contribution in [0.4, 0.5) is 0 Å². The lowest BCUT2D eigenvalue weighted by atomic mass is 10.2. The third-order valence-electron chi connectivity index (χ3n) is 4.03. The Balaban J connectivity index is 2.00. The lowest BCUT2D eigenvalue weighted by molar-refractivity contribution is -0.00278. The zero-order valence-corrected chi connectivity index (χ0v) is 13.8. The summed E-state index contributed by atoms with van der Waals surface area (Å²) in [6, 6.07) is 1.66. The molecule has 0 aromatic carbocycles. The Morgan fingerprint density at radius 2 is 2.23 bits per heavy atom. The highest BCUT2D eigenvalue weighted by Crippen LogP contribution is 2.23. The van der Waals surface area contributed by atoms with Gasteiger partial charge in [0.25, 0.3) is 0 Å². The molecule has 0 aliphatic carbocycles. The van der Waals surface area contributed by atoms with Crippen LogP contribution in [0.3, 0.4) is 0 Å². The minimum Gasteiger partial charge on any atom is -0.375 e. The van der Waals surface area contributed by atoms with Crippen molar-refractivity contribution in [1.29, 1.82) is 0 Å². The van der Waals surface area contributed by atoms with E-state index in [1.165, 1.54) is 10.5 Å². The molecule has 1 saturated heterocycles. The van der Waals surface area contributed by atoms with Gasteiger partial charge in [-0.2, -0.15) is 9.40 Å². The van der Waals surface area contributed by atoms with Gasteiger partial charge in [-0.05, 0) is 19.4 Å². The standard InChI is InChI=1S/C14H20N4O3S/c1-4-11-9-18(5-6-21-11)22(19,20)12-7-13-10(2)16-17(3)14(13)15-8-12/h7-8,11H,4-6,9H2,1-3H3. The van der Waals surface area contributed by atoms with Crippen molar-refractivity contribution in [3.05, 3.63) is 18.0 Å². The van der Waals surface area contributed by atoms with Crippen LogP contribution in [0, 0.1) is 6.92 Å². The molecule has 7 nitrogen and oxygen atoms in total. The number of rotatable bonds is 3. The van der Waals surface area contributed by atoms with E-state index in [-0.39, 0.29) is 11.0 Å². The number of aryl methyl sites for hydroxylation is 2. The molecule has 1 atom stereocenters. The summed E-state index contributed by atoms with van der Waals surface area (Å²) in [4.78, 5) is 4.48. The van der Waals surface area contributed by atoms with Crippen molar-refractivity contribution in [2.75, 3.05) is 19.7 Å². The van der Waals surface area contributed by atoms with E-state index >= 15 is 0 Å². The van der Waals surface area contributed by atoms with Crippen LogP contribution < -0.4 is 0 Å². The summed E-state index contributed by atoms with van der Waals surface area (Å²) in [7, 11) is -1.75. The number of sulfonamides is 1. The van der Waals surface area contributed by atoms with Crippen LogP contribution in [0.15, 0.2) is 17.2 Å². The maximum Gasteiger partial charge on any atom is 0.244 e. The average molecular weight is 324 g/mol. The molecule has 1 aliphatic heterocycles. The molecule has 0 bridgehead atoms. The molecule has 3 heterocycles. The van der Waals surface area contributed by atoms with Crippen molar-refractivity contribution in [3.63, 3.8) is 0 Å². The first-order valence-electron chi connectivity index (χ1n) is 7.34. The Morgan fingerprint density at radius 3 is 2.95 bits per heavy atom. The number of pyridine rings is 1. The molecule has 120 valence electrons. The van der Waals surface area contributed by atoms with Crippen LogP contribution in [-0.4, -0.2) is 53.3 Å². The van der Waals surface area contributed by atoms with Crippen molar-refractivity contribution in [2.24, 2.45) is 7.05 Å². The second-order valence-corrected chi connectivity index (χ2v) is 7.45. The maximum atomic E-state index is 12.8. The monoisotopic (exact) mass is 324 g/mol. The highest BCUT2D eigenvalue weighted by atomic mass is 32.2. The van der Waals surface area contributed by atoms with Gasteiger partial charge in [-0.25, -0.2) is 13.4 Å². The summed E-state index contributed by atoms with van der Waals surface area (Å²) in [5, 5.41) is 5.04. The molecule has 8 heteroatoms. The molecule has 3 rings (SSSR count). The second-order valence-electron chi connectivity index (χ2n) is 5.52. The Labute approximate surface area is 129 Å². The summed E-state index contributed by atoms with van der Waals surface area (Å²) < 4.78 is 34.3. The second kappa shape index (κ2) is 5.60. The van der Waals surface area contributed by atoms with Crippen molar-refractivity contribution < 1.29 is 13.2 Å². The highest BCUT2D eigenvalue weighted by Gasteiger charge is 2.30. The van der Waals surface area contributed by atoms with Gasteiger partial charge < -0.3 is 4.74 Å². The molecular weight excluding hydrogens is 304 g/mol. The molecule has 1 unspecified atom stereocenters. The maximum absolute atomic E-state index is 12.8. The number of nitrogens with zero attached hydrogens (tertiary/aromatic N) is 4. The summed E-state index contributed by atoms with van der Waals surface area (Å²) in [5.74, 6) is 0. The first-order valence-corrected chi connectivity index (χ1v) is 8.78. The number of morpholine rings is 1. The van der Waals surface area contributed by atoms with Gasteiger partial charge in [-0.3, -0.25) is 4.68 Å². The smallest absolute Gasteiger partial charge is 0.244 e. The molecule has 1 fully saturated rings. The lowest BCUT2D eigenvalue weighted by Crippen LogP contribution is -2.45. The molecule has 0 amide bonds. The number of ether oxygens (including phenoxy) is 1. The molecule has 0 saturated carbocycles.